The number of fused-ring (bicyclic) bond motifs is 3. The Kier molecular flexibility index (Phi) is 4.00. The van der Waals surface area contributed by atoms with E-state index in [0.29, 0.717) is 0 Å². The highest BCUT2D eigenvalue weighted by atomic mass is 35.5. The first kappa shape index (κ1) is 13.6. The Morgan fingerprint density at radius 2 is 1.71 bits per heavy atom. The van der Waals surface area contributed by atoms with Gasteiger partial charge in [-0.25, -0.2) is 0 Å². The van der Waals surface area contributed by atoms with Gasteiger partial charge in [-0.15, -0.1) is 12.4 Å². The molecule has 0 spiro atoms. The van der Waals surface area contributed by atoms with Crippen molar-refractivity contribution in [1.29, 1.82) is 0 Å². The maximum absolute atomic E-state index is 6.23. The fraction of sp³-hybridized carbons (Fsp3) is 1.00. The molecule has 4 aliphatic rings. The summed E-state index contributed by atoms with van der Waals surface area (Å²) in [4.78, 5) is 2.48. The van der Waals surface area contributed by atoms with Gasteiger partial charge in [-0.1, -0.05) is 0 Å². The molecule has 0 aromatic rings. The van der Waals surface area contributed by atoms with Crippen LogP contribution in [0.2, 0.25) is 0 Å². The third-order valence-electron chi connectivity index (χ3n) is 4.44. The van der Waals surface area contributed by atoms with E-state index in [1.165, 1.54) is 0 Å². The summed E-state index contributed by atoms with van der Waals surface area (Å²) >= 11 is 0. The topological polar surface area (TPSA) is 47.7 Å². The van der Waals surface area contributed by atoms with Crippen LogP contribution in [0.15, 0.2) is 0 Å². The van der Waals surface area contributed by atoms with Gasteiger partial charge in [-0.2, -0.15) is 0 Å². The summed E-state index contributed by atoms with van der Waals surface area (Å²) in [6.45, 7) is 5.69. The third-order valence-corrected chi connectivity index (χ3v) is 4.44. The van der Waals surface area contributed by atoms with E-state index >= 15 is 0 Å². The molecule has 5 heteroatoms. The van der Waals surface area contributed by atoms with Crippen molar-refractivity contribution in [1.82, 2.24) is 4.90 Å². The zero-order chi connectivity index (χ0) is 11.1. The second-order valence-corrected chi connectivity index (χ2v) is 5.72. The predicted molar refractivity (Wildman–Crippen MR) is 68.6 cm³/mol. The van der Waals surface area contributed by atoms with Gasteiger partial charge in [0.2, 0.25) is 0 Å². The molecule has 4 nitrogen and oxygen atoms in total. The van der Waals surface area contributed by atoms with E-state index in [2.05, 4.69) is 4.90 Å². The lowest BCUT2D eigenvalue weighted by Crippen LogP contribution is -2.63. The number of nitrogens with zero attached hydrogens (tertiary/aromatic N) is 1. The second kappa shape index (κ2) is 5.02. The average Bonchev–Trinajstić information content (AvgIpc) is 2.33. The maximum atomic E-state index is 6.23. The van der Waals surface area contributed by atoms with Crippen LogP contribution >= 0.6 is 12.4 Å². The van der Waals surface area contributed by atoms with E-state index in [4.69, 9.17) is 15.2 Å². The monoisotopic (exact) mass is 262 g/mol. The standard InChI is InChI=1S/C12H22N2O2.ClH/c13-11-1-3-12(4-2-11,16-10-11)9-14-5-7-15-8-6-14;/h1-10,13H2;1H. The molecule has 3 heterocycles. The minimum Gasteiger partial charge on any atom is -0.379 e. The fourth-order valence-electron chi connectivity index (χ4n) is 3.16. The van der Waals surface area contributed by atoms with Gasteiger partial charge in [0.05, 0.1) is 25.4 Å². The second-order valence-electron chi connectivity index (χ2n) is 5.72. The molecule has 0 aromatic heterocycles. The summed E-state index contributed by atoms with van der Waals surface area (Å²) in [6.07, 6.45) is 4.55. The molecule has 1 aliphatic carbocycles. The van der Waals surface area contributed by atoms with Crippen LogP contribution in [0.3, 0.4) is 0 Å². The van der Waals surface area contributed by atoms with Gasteiger partial charge >= 0.3 is 0 Å². The third kappa shape index (κ3) is 2.76. The number of hydrogen-bond donors (Lipinski definition) is 1. The highest BCUT2D eigenvalue weighted by Gasteiger charge is 2.48. The SMILES string of the molecule is Cl.NC12CCC(CN3CCOCC3)(CC1)OC2. The maximum Gasteiger partial charge on any atom is 0.0811 e. The molecule has 4 fully saturated rings. The molecule has 0 amide bonds. The highest BCUT2D eigenvalue weighted by Crippen LogP contribution is 2.42. The molecular weight excluding hydrogens is 240 g/mol. The Bertz CT molecular complexity index is 245. The highest BCUT2D eigenvalue weighted by molar-refractivity contribution is 5.85. The van der Waals surface area contributed by atoms with Gasteiger partial charge < -0.3 is 15.2 Å². The molecule has 100 valence electrons. The minimum absolute atomic E-state index is 0. The number of ether oxygens (including phenoxy) is 2. The summed E-state index contributed by atoms with van der Waals surface area (Å²) in [5.74, 6) is 0. The van der Waals surface area contributed by atoms with Crippen LogP contribution in [0, 0.1) is 0 Å². The van der Waals surface area contributed by atoms with E-state index in [1.807, 2.05) is 0 Å². The van der Waals surface area contributed by atoms with Crippen molar-refractivity contribution in [2.24, 2.45) is 5.73 Å². The smallest absolute Gasteiger partial charge is 0.0811 e. The Balaban J connectivity index is 0.00000108. The van der Waals surface area contributed by atoms with Gasteiger partial charge in [-0.3, -0.25) is 4.90 Å². The molecule has 3 aliphatic heterocycles. The van der Waals surface area contributed by atoms with Crippen LogP contribution in [-0.2, 0) is 9.47 Å². The molecule has 3 saturated heterocycles. The van der Waals surface area contributed by atoms with Crippen molar-refractivity contribution in [2.75, 3.05) is 39.5 Å². The Labute approximate surface area is 109 Å². The summed E-state index contributed by atoms with van der Waals surface area (Å²) in [7, 11) is 0. The van der Waals surface area contributed by atoms with Crippen LogP contribution in [-0.4, -0.2) is 55.5 Å². The van der Waals surface area contributed by atoms with Gasteiger partial charge in [0.25, 0.3) is 0 Å². The van der Waals surface area contributed by atoms with Crippen molar-refractivity contribution in [3.05, 3.63) is 0 Å². The van der Waals surface area contributed by atoms with E-state index in [0.717, 1.165) is 65.1 Å². The number of hydrogen-bond acceptors (Lipinski definition) is 4. The fourth-order valence-corrected chi connectivity index (χ4v) is 3.16. The lowest BCUT2D eigenvalue weighted by molar-refractivity contribution is -0.167. The quantitative estimate of drug-likeness (QED) is 0.799. The first-order chi connectivity index (χ1) is 7.70. The van der Waals surface area contributed by atoms with Crippen molar-refractivity contribution in [2.45, 2.75) is 36.8 Å². The first-order valence-corrected chi connectivity index (χ1v) is 6.43. The van der Waals surface area contributed by atoms with E-state index in [9.17, 15) is 0 Å². The van der Waals surface area contributed by atoms with E-state index in [-0.39, 0.29) is 23.5 Å². The zero-order valence-electron chi connectivity index (χ0n) is 10.3. The number of halogens is 1. The lowest BCUT2D eigenvalue weighted by Gasteiger charge is -2.53. The Morgan fingerprint density at radius 3 is 2.24 bits per heavy atom. The van der Waals surface area contributed by atoms with Gasteiger partial charge in [-0.05, 0) is 25.7 Å². The van der Waals surface area contributed by atoms with E-state index < -0.39 is 0 Å². The molecule has 2 N–H and O–H groups in total. The molecule has 1 saturated carbocycles. The van der Waals surface area contributed by atoms with Crippen molar-refractivity contribution >= 4 is 12.4 Å². The first-order valence-electron chi connectivity index (χ1n) is 6.43. The van der Waals surface area contributed by atoms with Gasteiger partial charge in [0, 0.05) is 25.2 Å². The number of morpholine rings is 1. The molecule has 4 rings (SSSR count). The number of nitrogens with two attached hydrogens (primary N) is 1. The summed E-state index contributed by atoms with van der Waals surface area (Å²) < 4.78 is 11.4. The molecule has 0 unspecified atom stereocenters. The lowest BCUT2D eigenvalue weighted by atomic mass is 9.71. The van der Waals surface area contributed by atoms with Crippen LogP contribution < -0.4 is 5.73 Å². The van der Waals surface area contributed by atoms with Crippen LogP contribution in [0.5, 0.6) is 0 Å². The van der Waals surface area contributed by atoms with E-state index in [1.54, 1.807) is 0 Å². The molecule has 2 bridgehead atoms. The molecule has 0 radical (unpaired) electrons. The molecule has 17 heavy (non-hydrogen) atoms. The zero-order valence-corrected chi connectivity index (χ0v) is 11.1. The number of rotatable bonds is 2. The Morgan fingerprint density at radius 1 is 1.06 bits per heavy atom. The summed E-state index contributed by atoms with van der Waals surface area (Å²) in [5, 5.41) is 0. The van der Waals surface area contributed by atoms with Crippen LogP contribution in [0.1, 0.15) is 25.7 Å². The minimum atomic E-state index is -0.00718. The van der Waals surface area contributed by atoms with Crippen molar-refractivity contribution in [3.8, 4) is 0 Å². The predicted octanol–water partition coefficient (Wildman–Crippen LogP) is 0.781. The molecular formula is C12H23ClN2O2. The van der Waals surface area contributed by atoms with Crippen LogP contribution in [0.4, 0.5) is 0 Å². The van der Waals surface area contributed by atoms with Gasteiger partial charge in [0.1, 0.15) is 0 Å². The average molecular weight is 263 g/mol. The molecule has 0 atom stereocenters. The molecule has 0 aromatic carbocycles. The largest absolute Gasteiger partial charge is 0.379 e. The Hall–Kier alpha value is 0.130. The van der Waals surface area contributed by atoms with Crippen molar-refractivity contribution < 1.29 is 9.47 Å². The van der Waals surface area contributed by atoms with Crippen LogP contribution in [0.25, 0.3) is 0 Å². The summed E-state index contributed by atoms with van der Waals surface area (Å²) in [6, 6.07) is 0. The normalized spacial score (nSPS) is 42.2. The van der Waals surface area contributed by atoms with Crippen molar-refractivity contribution in [3.63, 3.8) is 0 Å². The summed E-state index contributed by atoms with van der Waals surface area (Å²) in [5.41, 5.74) is 6.33. The van der Waals surface area contributed by atoms with Gasteiger partial charge in [0.15, 0.2) is 0 Å².